The first kappa shape index (κ1) is 17.3. The van der Waals surface area contributed by atoms with Gasteiger partial charge in [-0.15, -0.1) is 0 Å². The maximum atomic E-state index is 5.80. The van der Waals surface area contributed by atoms with Crippen LogP contribution in [0.2, 0.25) is 0 Å². The SMILES string of the molecule is Cc1ccc([C@H](C)N[C@H](C)c2ccc(OCc3nccn3C)cc2)o1. The second-order valence-electron chi connectivity index (χ2n) is 6.37. The minimum atomic E-state index is 0.156. The molecule has 3 rings (SSSR count). The summed E-state index contributed by atoms with van der Waals surface area (Å²) in [5.41, 5.74) is 1.21. The number of hydrogen-bond acceptors (Lipinski definition) is 4. The molecule has 0 unspecified atom stereocenters. The third-order valence-electron chi connectivity index (χ3n) is 4.36. The van der Waals surface area contributed by atoms with E-state index in [-0.39, 0.29) is 12.1 Å². The monoisotopic (exact) mass is 339 g/mol. The third-order valence-corrected chi connectivity index (χ3v) is 4.36. The van der Waals surface area contributed by atoms with Crippen LogP contribution in [0.5, 0.6) is 5.75 Å². The summed E-state index contributed by atoms with van der Waals surface area (Å²) in [6.07, 6.45) is 3.69. The molecular formula is C20H25N3O2. The van der Waals surface area contributed by atoms with E-state index in [4.69, 9.17) is 9.15 Å². The summed E-state index contributed by atoms with van der Waals surface area (Å²) >= 11 is 0. The maximum Gasteiger partial charge on any atom is 0.146 e. The quantitative estimate of drug-likeness (QED) is 0.697. The highest BCUT2D eigenvalue weighted by Crippen LogP contribution is 2.23. The number of aryl methyl sites for hydroxylation is 2. The highest BCUT2D eigenvalue weighted by Gasteiger charge is 2.14. The van der Waals surface area contributed by atoms with Gasteiger partial charge in [0.25, 0.3) is 0 Å². The first-order chi connectivity index (χ1) is 12.0. The van der Waals surface area contributed by atoms with Gasteiger partial charge in [-0.05, 0) is 50.6 Å². The van der Waals surface area contributed by atoms with Crippen LogP contribution in [0.15, 0.2) is 53.2 Å². The van der Waals surface area contributed by atoms with Crippen molar-refractivity contribution in [2.75, 3.05) is 0 Å². The van der Waals surface area contributed by atoms with Gasteiger partial charge in [-0.1, -0.05) is 12.1 Å². The maximum absolute atomic E-state index is 5.80. The normalized spacial score (nSPS) is 13.6. The van der Waals surface area contributed by atoms with E-state index >= 15 is 0 Å². The Morgan fingerprint density at radius 1 is 1.12 bits per heavy atom. The molecule has 25 heavy (non-hydrogen) atoms. The van der Waals surface area contributed by atoms with Crippen LogP contribution < -0.4 is 10.1 Å². The molecule has 132 valence electrons. The van der Waals surface area contributed by atoms with Gasteiger partial charge in [-0.3, -0.25) is 0 Å². The first-order valence-electron chi connectivity index (χ1n) is 8.54. The number of aromatic nitrogens is 2. The van der Waals surface area contributed by atoms with Gasteiger partial charge in [-0.2, -0.15) is 0 Å². The molecule has 3 aromatic rings. The summed E-state index contributed by atoms with van der Waals surface area (Å²) in [5.74, 6) is 3.64. The van der Waals surface area contributed by atoms with Crippen molar-refractivity contribution in [2.24, 2.45) is 7.05 Å². The molecule has 0 amide bonds. The lowest BCUT2D eigenvalue weighted by Crippen LogP contribution is -2.22. The summed E-state index contributed by atoms with van der Waals surface area (Å²) in [5, 5.41) is 3.56. The Bertz CT molecular complexity index is 804. The fraction of sp³-hybridized carbons (Fsp3) is 0.350. The lowest BCUT2D eigenvalue weighted by molar-refractivity contribution is 0.291. The molecule has 5 nitrogen and oxygen atoms in total. The van der Waals surface area contributed by atoms with Gasteiger partial charge in [0.1, 0.15) is 29.7 Å². The van der Waals surface area contributed by atoms with Crippen molar-refractivity contribution < 1.29 is 9.15 Å². The zero-order chi connectivity index (χ0) is 17.8. The molecular weight excluding hydrogens is 314 g/mol. The van der Waals surface area contributed by atoms with Gasteiger partial charge >= 0.3 is 0 Å². The Labute approximate surface area is 148 Å². The highest BCUT2D eigenvalue weighted by molar-refractivity contribution is 5.29. The highest BCUT2D eigenvalue weighted by atomic mass is 16.5. The second kappa shape index (κ2) is 7.57. The average Bonchev–Trinajstić information content (AvgIpc) is 3.21. The number of ether oxygens (including phenoxy) is 1. The Hall–Kier alpha value is -2.53. The van der Waals surface area contributed by atoms with Crippen molar-refractivity contribution in [2.45, 2.75) is 39.5 Å². The summed E-state index contributed by atoms with van der Waals surface area (Å²) in [4.78, 5) is 4.26. The predicted molar refractivity (Wildman–Crippen MR) is 97.4 cm³/mol. The standard InChI is InChI=1S/C20H25N3O2/c1-14-5-10-19(25-14)16(3)22-15(2)17-6-8-18(9-7-17)24-13-20-21-11-12-23(20)4/h5-12,15-16,22H,13H2,1-4H3/t15-,16+/m1/s1. The summed E-state index contributed by atoms with van der Waals surface area (Å²) < 4.78 is 13.4. The van der Waals surface area contributed by atoms with E-state index in [0.717, 1.165) is 23.1 Å². The number of nitrogens with one attached hydrogen (secondary N) is 1. The lowest BCUT2D eigenvalue weighted by atomic mass is 10.1. The van der Waals surface area contributed by atoms with Gasteiger partial charge in [0, 0.05) is 25.5 Å². The number of imidazole rings is 1. The molecule has 0 radical (unpaired) electrons. The fourth-order valence-corrected chi connectivity index (χ4v) is 2.78. The molecule has 0 aliphatic carbocycles. The van der Waals surface area contributed by atoms with Gasteiger partial charge in [0.05, 0.1) is 6.04 Å². The number of hydrogen-bond donors (Lipinski definition) is 1. The van der Waals surface area contributed by atoms with Gasteiger partial charge in [0.15, 0.2) is 0 Å². The Balaban J connectivity index is 1.56. The molecule has 0 saturated carbocycles. The predicted octanol–water partition coefficient (Wildman–Crippen LogP) is 4.31. The van der Waals surface area contributed by atoms with Crippen LogP contribution in [0.3, 0.4) is 0 Å². The minimum Gasteiger partial charge on any atom is -0.486 e. The van der Waals surface area contributed by atoms with Crippen molar-refractivity contribution in [3.63, 3.8) is 0 Å². The van der Waals surface area contributed by atoms with Gasteiger partial charge in [0.2, 0.25) is 0 Å². The second-order valence-corrected chi connectivity index (χ2v) is 6.37. The van der Waals surface area contributed by atoms with Crippen molar-refractivity contribution in [1.82, 2.24) is 14.9 Å². The summed E-state index contributed by atoms with van der Waals surface area (Å²) in [7, 11) is 1.96. The largest absolute Gasteiger partial charge is 0.486 e. The van der Waals surface area contributed by atoms with Crippen LogP contribution in [0.1, 0.15) is 48.8 Å². The van der Waals surface area contributed by atoms with E-state index in [1.54, 1.807) is 6.20 Å². The van der Waals surface area contributed by atoms with E-state index < -0.39 is 0 Å². The molecule has 2 aromatic heterocycles. The van der Waals surface area contributed by atoms with Crippen molar-refractivity contribution in [3.8, 4) is 5.75 Å². The van der Waals surface area contributed by atoms with Crippen LogP contribution in [0.25, 0.3) is 0 Å². The first-order valence-corrected chi connectivity index (χ1v) is 8.54. The topological polar surface area (TPSA) is 52.2 Å². The Morgan fingerprint density at radius 2 is 1.88 bits per heavy atom. The van der Waals surface area contributed by atoms with Crippen LogP contribution in [-0.4, -0.2) is 9.55 Å². The summed E-state index contributed by atoms with van der Waals surface area (Å²) in [6.45, 7) is 6.68. The minimum absolute atomic E-state index is 0.156. The molecule has 0 aliphatic heterocycles. The van der Waals surface area contributed by atoms with Gasteiger partial charge < -0.3 is 19.0 Å². The number of nitrogens with zero attached hydrogens (tertiary/aromatic N) is 2. The van der Waals surface area contributed by atoms with E-state index in [1.807, 2.05) is 49.0 Å². The molecule has 2 atom stereocenters. The smallest absolute Gasteiger partial charge is 0.146 e. The van der Waals surface area contributed by atoms with E-state index in [0.29, 0.717) is 6.61 Å². The molecule has 5 heteroatoms. The number of furan rings is 1. The van der Waals surface area contributed by atoms with Crippen LogP contribution in [-0.2, 0) is 13.7 Å². The molecule has 0 bridgehead atoms. The van der Waals surface area contributed by atoms with E-state index in [9.17, 15) is 0 Å². The van der Waals surface area contributed by atoms with Gasteiger partial charge in [-0.25, -0.2) is 4.98 Å². The van der Waals surface area contributed by atoms with Crippen molar-refractivity contribution in [3.05, 3.63) is 71.7 Å². The molecule has 0 fully saturated rings. The van der Waals surface area contributed by atoms with Crippen LogP contribution in [0.4, 0.5) is 0 Å². The number of rotatable bonds is 7. The molecule has 1 N–H and O–H groups in total. The molecule has 0 spiro atoms. The molecule has 0 aliphatic rings. The zero-order valence-electron chi connectivity index (χ0n) is 15.2. The fourth-order valence-electron chi connectivity index (χ4n) is 2.78. The van der Waals surface area contributed by atoms with E-state index in [2.05, 4.69) is 36.3 Å². The van der Waals surface area contributed by atoms with Crippen LogP contribution in [0, 0.1) is 6.92 Å². The van der Waals surface area contributed by atoms with E-state index in [1.165, 1.54) is 5.56 Å². The molecule has 0 saturated heterocycles. The van der Waals surface area contributed by atoms with Crippen molar-refractivity contribution >= 4 is 0 Å². The summed E-state index contributed by atoms with van der Waals surface area (Å²) in [6, 6.07) is 12.6. The van der Waals surface area contributed by atoms with Crippen molar-refractivity contribution in [1.29, 1.82) is 0 Å². The zero-order valence-corrected chi connectivity index (χ0v) is 15.2. The molecule has 2 heterocycles. The lowest BCUT2D eigenvalue weighted by Gasteiger charge is -2.19. The van der Waals surface area contributed by atoms with Crippen LogP contribution >= 0.6 is 0 Å². The average molecular weight is 339 g/mol. The third kappa shape index (κ3) is 4.31. The Kier molecular flexibility index (Phi) is 5.24. The number of benzene rings is 1. The Morgan fingerprint density at radius 3 is 2.48 bits per heavy atom. The molecule has 1 aromatic carbocycles.